The highest BCUT2D eigenvalue weighted by Gasteiger charge is 2.26. The summed E-state index contributed by atoms with van der Waals surface area (Å²) in [5.41, 5.74) is 0. The van der Waals surface area contributed by atoms with Gasteiger partial charge in [-0.05, 0) is 38.3 Å². The highest BCUT2D eigenvalue weighted by molar-refractivity contribution is 7.89. The van der Waals surface area contributed by atoms with Crippen LogP contribution in [0.2, 0.25) is 0 Å². The Morgan fingerprint density at radius 2 is 1.83 bits per heavy atom. The number of benzene rings is 1. The van der Waals surface area contributed by atoms with Gasteiger partial charge in [-0.3, -0.25) is 0 Å². The Hall–Kier alpha value is -1.51. The molecule has 1 aliphatic heterocycles. The highest BCUT2D eigenvalue weighted by Crippen LogP contribution is 2.37. The van der Waals surface area contributed by atoms with Crippen LogP contribution in [0.25, 0.3) is 0 Å². The number of nitrogens with one attached hydrogen (secondary N) is 2. The van der Waals surface area contributed by atoms with Crippen LogP contribution in [-0.4, -0.2) is 49.4 Å². The number of methoxy groups -OCH3 is 3. The summed E-state index contributed by atoms with van der Waals surface area (Å²) in [6.45, 7) is 2.37. The number of ether oxygens (including phenoxy) is 3. The molecule has 1 unspecified atom stereocenters. The zero-order chi connectivity index (χ0) is 17.6. The molecule has 1 atom stereocenters. The van der Waals surface area contributed by atoms with Crippen molar-refractivity contribution >= 4 is 10.0 Å². The SMILES string of the molecule is COc1cc(OC)c(S(=O)(=O)NCCC2CCCNC2)c(OC)c1. The van der Waals surface area contributed by atoms with E-state index in [4.69, 9.17) is 14.2 Å². The summed E-state index contributed by atoms with van der Waals surface area (Å²) in [4.78, 5) is -0.00457. The van der Waals surface area contributed by atoms with Crippen molar-refractivity contribution in [3.8, 4) is 17.2 Å². The Bertz CT molecular complexity index is 617. The van der Waals surface area contributed by atoms with Gasteiger partial charge in [-0.2, -0.15) is 0 Å². The second-order valence-corrected chi connectivity index (χ2v) is 7.46. The minimum absolute atomic E-state index is 0.00457. The standard InChI is InChI=1S/C16H26N2O5S/c1-21-13-9-14(22-2)16(15(10-13)23-3)24(19,20)18-8-6-12-5-4-7-17-11-12/h9-10,12,17-18H,4-8,11H2,1-3H3. The molecule has 0 spiro atoms. The fourth-order valence-electron chi connectivity index (χ4n) is 2.88. The molecule has 1 fully saturated rings. The first-order chi connectivity index (χ1) is 11.5. The lowest BCUT2D eigenvalue weighted by atomic mass is 9.96. The number of hydrogen-bond acceptors (Lipinski definition) is 6. The number of rotatable bonds is 8. The Morgan fingerprint density at radius 3 is 2.33 bits per heavy atom. The lowest BCUT2D eigenvalue weighted by Crippen LogP contribution is -2.33. The van der Waals surface area contributed by atoms with Gasteiger partial charge in [-0.25, -0.2) is 13.1 Å². The third-order valence-electron chi connectivity index (χ3n) is 4.18. The Morgan fingerprint density at radius 1 is 1.17 bits per heavy atom. The van der Waals surface area contributed by atoms with Gasteiger partial charge >= 0.3 is 0 Å². The first kappa shape index (κ1) is 18.8. The normalized spacial score (nSPS) is 18.2. The fraction of sp³-hybridized carbons (Fsp3) is 0.625. The van der Waals surface area contributed by atoms with Gasteiger partial charge in [0, 0.05) is 18.7 Å². The van der Waals surface area contributed by atoms with Crippen LogP contribution >= 0.6 is 0 Å². The smallest absolute Gasteiger partial charge is 0.247 e. The summed E-state index contributed by atoms with van der Waals surface area (Å²) in [6, 6.07) is 3.06. The van der Waals surface area contributed by atoms with Crippen molar-refractivity contribution in [2.24, 2.45) is 5.92 Å². The maximum atomic E-state index is 12.7. The van der Waals surface area contributed by atoms with Crippen molar-refractivity contribution in [1.29, 1.82) is 0 Å². The van der Waals surface area contributed by atoms with Crippen LogP contribution in [0.5, 0.6) is 17.2 Å². The molecule has 7 nitrogen and oxygen atoms in total. The van der Waals surface area contributed by atoms with Crippen molar-refractivity contribution in [3.05, 3.63) is 12.1 Å². The summed E-state index contributed by atoms with van der Waals surface area (Å²) in [5.74, 6) is 1.35. The van der Waals surface area contributed by atoms with Gasteiger partial charge in [-0.15, -0.1) is 0 Å². The van der Waals surface area contributed by atoms with Crippen molar-refractivity contribution in [3.63, 3.8) is 0 Å². The molecular formula is C16H26N2O5S. The summed E-state index contributed by atoms with van der Waals surface area (Å²) in [7, 11) is 0.586. The predicted molar refractivity (Wildman–Crippen MR) is 91.5 cm³/mol. The Balaban J connectivity index is 2.15. The first-order valence-corrected chi connectivity index (χ1v) is 9.50. The molecule has 0 aromatic heterocycles. The van der Waals surface area contributed by atoms with Gasteiger partial charge in [0.1, 0.15) is 17.2 Å². The van der Waals surface area contributed by atoms with Crippen LogP contribution < -0.4 is 24.2 Å². The molecule has 2 N–H and O–H groups in total. The first-order valence-electron chi connectivity index (χ1n) is 8.02. The van der Waals surface area contributed by atoms with E-state index < -0.39 is 10.0 Å². The van der Waals surface area contributed by atoms with Gasteiger partial charge in [0.05, 0.1) is 21.3 Å². The molecule has 0 saturated carbocycles. The molecule has 0 amide bonds. The molecule has 1 aromatic rings. The maximum absolute atomic E-state index is 12.7. The molecule has 1 aromatic carbocycles. The lowest BCUT2D eigenvalue weighted by Gasteiger charge is -2.22. The fourth-order valence-corrected chi connectivity index (χ4v) is 4.22. The second kappa shape index (κ2) is 8.55. The van der Waals surface area contributed by atoms with Crippen LogP contribution in [0.3, 0.4) is 0 Å². The van der Waals surface area contributed by atoms with E-state index in [2.05, 4.69) is 10.0 Å². The molecular weight excluding hydrogens is 332 g/mol. The topological polar surface area (TPSA) is 85.9 Å². The van der Waals surface area contributed by atoms with Crippen LogP contribution in [0.1, 0.15) is 19.3 Å². The van der Waals surface area contributed by atoms with Gasteiger partial charge in [0.15, 0.2) is 4.90 Å². The van der Waals surface area contributed by atoms with Gasteiger partial charge in [-0.1, -0.05) is 0 Å². The maximum Gasteiger partial charge on any atom is 0.247 e. The van der Waals surface area contributed by atoms with Crippen molar-refractivity contribution in [2.75, 3.05) is 41.0 Å². The number of piperidine rings is 1. The quantitative estimate of drug-likeness (QED) is 0.730. The Labute approximate surface area is 143 Å². The van der Waals surface area contributed by atoms with Crippen molar-refractivity contribution in [1.82, 2.24) is 10.0 Å². The molecule has 24 heavy (non-hydrogen) atoms. The van der Waals surface area contributed by atoms with E-state index in [1.165, 1.54) is 33.5 Å². The van der Waals surface area contributed by atoms with E-state index in [1.807, 2.05) is 0 Å². The molecule has 136 valence electrons. The van der Waals surface area contributed by atoms with Crippen LogP contribution in [0.4, 0.5) is 0 Å². The van der Waals surface area contributed by atoms with E-state index >= 15 is 0 Å². The Kier molecular flexibility index (Phi) is 6.70. The molecule has 0 bridgehead atoms. The van der Waals surface area contributed by atoms with E-state index in [1.54, 1.807) is 0 Å². The zero-order valence-corrected chi connectivity index (χ0v) is 15.2. The second-order valence-electron chi connectivity index (χ2n) is 5.76. The average molecular weight is 358 g/mol. The monoisotopic (exact) mass is 358 g/mol. The number of sulfonamides is 1. The van der Waals surface area contributed by atoms with Gasteiger partial charge in [0.2, 0.25) is 10.0 Å². The average Bonchev–Trinajstić information content (AvgIpc) is 2.61. The molecule has 1 aliphatic rings. The molecule has 1 heterocycles. The van der Waals surface area contributed by atoms with Gasteiger partial charge < -0.3 is 19.5 Å². The van der Waals surface area contributed by atoms with Crippen LogP contribution in [0.15, 0.2) is 17.0 Å². The highest BCUT2D eigenvalue weighted by atomic mass is 32.2. The van der Waals surface area contributed by atoms with E-state index in [0.29, 0.717) is 18.2 Å². The van der Waals surface area contributed by atoms with E-state index in [9.17, 15) is 8.42 Å². The van der Waals surface area contributed by atoms with E-state index in [0.717, 1.165) is 32.4 Å². The minimum Gasteiger partial charge on any atom is -0.496 e. The van der Waals surface area contributed by atoms with Gasteiger partial charge in [0.25, 0.3) is 0 Å². The molecule has 1 saturated heterocycles. The largest absolute Gasteiger partial charge is 0.496 e. The molecule has 8 heteroatoms. The molecule has 2 rings (SSSR count). The summed E-state index contributed by atoms with van der Waals surface area (Å²) < 4.78 is 43.7. The van der Waals surface area contributed by atoms with E-state index in [-0.39, 0.29) is 16.4 Å². The summed E-state index contributed by atoms with van der Waals surface area (Å²) in [6.07, 6.45) is 3.06. The van der Waals surface area contributed by atoms with Crippen LogP contribution in [0, 0.1) is 5.92 Å². The number of hydrogen-bond donors (Lipinski definition) is 2. The lowest BCUT2D eigenvalue weighted by molar-refractivity contribution is 0.354. The zero-order valence-electron chi connectivity index (χ0n) is 14.4. The predicted octanol–water partition coefficient (Wildman–Crippen LogP) is 1.38. The summed E-state index contributed by atoms with van der Waals surface area (Å²) in [5, 5.41) is 3.33. The molecule has 0 radical (unpaired) electrons. The third-order valence-corrected chi connectivity index (χ3v) is 5.71. The van der Waals surface area contributed by atoms with Crippen LogP contribution in [-0.2, 0) is 10.0 Å². The molecule has 0 aliphatic carbocycles. The third kappa shape index (κ3) is 4.52. The minimum atomic E-state index is -3.75. The van der Waals surface area contributed by atoms with Crippen molar-refractivity contribution < 1.29 is 22.6 Å². The van der Waals surface area contributed by atoms with Crippen molar-refractivity contribution in [2.45, 2.75) is 24.2 Å². The summed E-state index contributed by atoms with van der Waals surface area (Å²) >= 11 is 0.